The van der Waals surface area contributed by atoms with Crippen LogP contribution >= 0.6 is 0 Å². The van der Waals surface area contributed by atoms with E-state index in [4.69, 9.17) is 5.84 Å². The minimum Gasteiger partial charge on any atom is -0.336 e. The molecule has 0 spiro atoms. The molecule has 1 radical (unpaired) electrons. The summed E-state index contributed by atoms with van der Waals surface area (Å²) in [7, 11) is 0. The Morgan fingerprint density at radius 3 is 2.58 bits per heavy atom. The van der Waals surface area contributed by atoms with E-state index in [1.165, 1.54) is 4.68 Å². The van der Waals surface area contributed by atoms with Crippen LogP contribution in [-0.4, -0.2) is 14.9 Å². The first-order valence-electron chi connectivity index (χ1n) is 3.51. The van der Waals surface area contributed by atoms with Gasteiger partial charge in [-0.1, -0.05) is 30.3 Å². The van der Waals surface area contributed by atoms with Gasteiger partial charge in [-0.3, -0.25) is 0 Å². The Kier molecular flexibility index (Phi) is 1.51. The van der Waals surface area contributed by atoms with Crippen molar-refractivity contribution in [2.75, 3.05) is 5.84 Å². The second kappa shape index (κ2) is 2.65. The third-order valence-corrected chi connectivity index (χ3v) is 1.56. The van der Waals surface area contributed by atoms with Crippen LogP contribution in [0.25, 0.3) is 11.4 Å². The summed E-state index contributed by atoms with van der Waals surface area (Å²) < 4.78 is 1.27. The van der Waals surface area contributed by atoms with Gasteiger partial charge in [0, 0.05) is 5.56 Å². The van der Waals surface area contributed by atoms with Crippen molar-refractivity contribution in [2.24, 2.45) is 0 Å². The highest BCUT2D eigenvalue weighted by Gasteiger charge is 2.02. The highest BCUT2D eigenvalue weighted by Crippen LogP contribution is 2.12. The first-order chi connectivity index (χ1) is 5.88. The van der Waals surface area contributed by atoms with Crippen LogP contribution in [-0.2, 0) is 0 Å². The zero-order valence-corrected chi connectivity index (χ0v) is 6.31. The third-order valence-electron chi connectivity index (χ3n) is 1.56. The van der Waals surface area contributed by atoms with Gasteiger partial charge >= 0.3 is 0 Å². The Labute approximate surface area is 69.6 Å². The molecule has 0 aliphatic carbocycles. The highest BCUT2D eigenvalue weighted by molar-refractivity contribution is 5.54. The van der Waals surface area contributed by atoms with Crippen LogP contribution in [0, 0.1) is 6.33 Å². The van der Waals surface area contributed by atoms with Gasteiger partial charge in [-0.15, -0.1) is 10.2 Å². The molecule has 1 heterocycles. The molecule has 1 aromatic carbocycles. The van der Waals surface area contributed by atoms with E-state index >= 15 is 0 Å². The molecule has 4 nitrogen and oxygen atoms in total. The lowest BCUT2D eigenvalue weighted by molar-refractivity contribution is 0.994. The van der Waals surface area contributed by atoms with Crippen molar-refractivity contribution in [3.63, 3.8) is 0 Å². The molecule has 0 atom stereocenters. The summed E-state index contributed by atoms with van der Waals surface area (Å²) in [6, 6.07) is 9.61. The van der Waals surface area contributed by atoms with Gasteiger partial charge in [0.15, 0.2) is 5.82 Å². The summed E-state index contributed by atoms with van der Waals surface area (Å²) in [6.07, 6.45) is 2.50. The van der Waals surface area contributed by atoms with E-state index in [0.717, 1.165) is 5.56 Å². The molecule has 2 rings (SSSR count). The first-order valence-corrected chi connectivity index (χ1v) is 3.51. The van der Waals surface area contributed by atoms with Crippen LogP contribution in [0.3, 0.4) is 0 Å². The lowest BCUT2D eigenvalue weighted by Gasteiger charge is -1.97. The Balaban J connectivity index is 2.51. The molecule has 2 N–H and O–H groups in total. The van der Waals surface area contributed by atoms with Crippen LogP contribution < -0.4 is 5.84 Å². The fourth-order valence-electron chi connectivity index (χ4n) is 0.997. The van der Waals surface area contributed by atoms with Crippen molar-refractivity contribution < 1.29 is 0 Å². The van der Waals surface area contributed by atoms with E-state index < -0.39 is 0 Å². The van der Waals surface area contributed by atoms with Gasteiger partial charge in [0.2, 0.25) is 6.33 Å². The number of benzene rings is 1. The number of nitrogens with two attached hydrogens (primary N) is 1. The second-order valence-electron chi connectivity index (χ2n) is 2.36. The van der Waals surface area contributed by atoms with E-state index in [1.54, 1.807) is 0 Å². The molecule has 12 heavy (non-hydrogen) atoms. The molecular formula is C8H7N4. The smallest absolute Gasteiger partial charge is 0.222 e. The predicted octanol–water partition coefficient (Wildman–Crippen LogP) is 0.459. The Morgan fingerprint density at radius 1 is 1.25 bits per heavy atom. The molecule has 0 aliphatic rings. The topological polar surface area (TPSA) is 56.7 Å². The summed E-state index contributed by atoms with van der Waals surface area (Å²) in [4.78, 5) is 0. The zero-order chi connectivity index (χ0) is 8.39. The average molecular weight is 159 g/mol. The molecule has 0 saturated heterocycles. The van der Waals surface area contributed by atoms with Crippen LogP contribution in [0.4, 0.5) is 0 Å². The van der Waals surface area contributed by atoms with Gasteiger partial charge in [-0.2, -0.15) is 0 Å². The fourth-order valence-corrected chi connectivity index (χ4v) is 0.997. The number of rotatable bonds is 1. The van der Waals surface area contributed by atoms with Gasteiger partial charge in [0.05, 0.1) is 0 Å². The number of hydrogen-bond acceptors (Lipinski definition) is 3. The molecule has 0 fully saturated rings. The number of aromatic nitrogens is 3. The van der Waals surface area contributed by atoms with Gasteiger partial charge in [0.1, 0.15) is 0 Å². The molecule has 2 aromatic rings. The minimum atomic E-state index is 0.621. The fraction of sp³-hybridized carbons (Fsp3) is 0. The summed E-state index contributed by atoms with van der Waals surface area (Å²) >= 11 is 0. The Bertz CT molecular complexity index is 366. The maximum atomic E-state index is 5.51. The molecule has 0 aliphatic heterocycles. The van der Waals surface area contributed by atoms with Gasteiger partial charge in [-0.25, -0.2) is 4.68 Å². The van der Waals surface area contributed by atoms with Gasteiger partial charge in [-0.05, 0) is 0 Å². The monoisotopic (exact) mass is 159 g/mol. The largest absolute Gasteiger partial charge is 0.336 e. The van der Waals surface area contributed by atoms with Crippen LogP contribution in [0.5, 0.6) is 0 Å². The van der Waals surface area contributed by atoms with E-state index in [1.807, 2.05) is 30.3 Å². The summed E-state index contributed by atoms with van der Waals surface area (Å²) in [5.41, 5.74) is 0.939. The minimum absolute atomic E-state index is 0.621. The number of hydrogen-bond donors (Lipinski definition) is 1. The molecule has 0 amide bonds. The molecule has 0 unspecified atom stereocenters. The van der Waals surface area contributed by atoms with Crippen molar-refractivity contribution in [1.82, 2.24) is 14.9 Å². The normalized spacial score (nSPS) is 10.0. The van der Waals surface area contributed by atoms with Crippen molar-refractivity contribution in [3.05, 3.63) is 36.7 Å². The lowest BCUT2D eigenvalue weighted by Crippen LogP contribution is -2.08. The van der Waals surface area contributed by atoms with Crippen molar-refractivity contribution >= 4 is 0 Å². The van der Waals surface area contributed by atoms with Crippen molar-refractivity contribution in [1.29, 1.82) is 0 Å². The van der Waals surface area contributed by atoms with E-state index in [2.05, 4.69) is 16.5 Å². The van der Waals surface area contributed by atoms with Crippen LogP contribution in [0.1, 0.15) is 0 Å². The quantitative estimate of drug-likeness (QED) is 0.615. The van der Waals surface area contributed by atoms with E-state index in [9.17, 15) is 0 Å². The van der Waals surface area contributed by atoms with E-state index in [-0.39, 0.29) is 0 Å². The van der Waals surface area contributed by atoms with Crippen LogP contribution in [0.2, 0.25) is 0 Å². The second-order valence-corrected chi connectivity index (χ2v) is 2.36. The van der Waals surface area contributed by atoms with E-state index in [0.29, 0.717) is 5.82 Å². The SMILES string of the molecule is Nn1[c]nnc1-c1ccccc1. The first kappa shape index (κ1) is 6.84. The zero-order valence-electron chi connectivity index (χ0n) is 6.31. The summed E-state index contributed by atoms with van der Waals surface area (Å²) in [6.45, 7) is 0. The summed E-state index contributed by atoms with van der Waals surface area (Å²) in [5.74, 6) is 6.13. The van der Waals surface area contributed by atoms with Crippen molar-refractivity contribution in [2.45, 2.75) is 0 Å². The highest BCUT2D eigenvalue weighted by atomic mass is 15.4. The maximum absolute atomic E-state index is 5.51. The Morgan fingerprint density at radius 2 is 2.00 bits per heavy atom. The van der Waals surface area contributed by atoms with Gasteiger partial charge in [0.25, 0.3) is 0 Å². The number of nitrogens with zero attached hydrogens (tertiary/aromatic N) is 3. The molecule has 59 valence electrons. The standard InChI is InChI=1S/C8H7N4/c9-12-6-10-11-8(12)7-4-2-1-3-5-7/h1-5H,9H2. The molecule has 1 aromatic heterocycles. The third kappa shape index (κ3) is 1.03. The Hall–Kier alpha value is -1.84. The van der Waals surface area contributed by atoms with Gasteiger partial charge < -0.3 is 5.84 Å². The summed E-state index contributed by atoms with van der Waals surface area (Å²) in [5, 5.41) is 7.38. The molecule has 4 heteroatoms. The number of nitrogen functional groups attached to an aromatic ring is 1. The van der Waals surface area contributed by atoms with Crippen molar-refractivity contribution in [3.8, 4) is 11.4 Å². The predicted molar refractivity (Wildman–Crippen MR) is 44.4 cm³/mol. The lowest BCUT2D eigenvalue weighted by atomic mass is 10.2. The van der Waals surface area contributed by atoms with Crippen LogP contribution in [0.15, 0.2) is 30.3 Å². The molecule has 0 bridgehead atoms. The average Bonchev–Trinajstić information content (AvgIpc) is 2.53. The molecule has 0 saturated carbocycles. The molecular weight excluding hydrogens is 152 g/mol. The maximum Gasteiger partial charge on any atom is 0.222 e.